The standard InChI is InChI=1S/C12H17NO7/c1-13-4-2-3-6(13)11(18)20-12-10(17)9(16)8(15)7(5-14)19-12/h2-4,7-10,12,14-17H,5H2,1H3. The fraction of sp³-hybridized carbons (Fsp3) is 0.583. The van der Waals surface area contributed by atoms with Gasteiger partial charge < -0.3 is 34.5 Å². The second kappa shape index (κ2) is 5.90. The van der Waals surface area contributed by atoms with Gasteiger partial charge in [0.1, 0.15) is 30.1 Å². The molecule has 0 amide bonds. The van der Waals surface area contributed by atoms with Crippen LogP contribution in [0.5, 0.6) is 0 Å². The van der Waals surface area contributed by atoms with Crippen LogP contribution in [0.4, 0.5) is 0 Å². The van der Waals surface area contributed by atoms with Gasteiger partial charge in [0.2, 0.25) is 6.29 Å². The predicted molar refractivity (Wildman–Crippen MR) is 64.6 cm³/mol. The van der Waals surface area contributed by atoms with Crippen LogP contribution < -0.4 is 0 Å². The summed E-state index contributed by atoms with van der Waals surface area (Å²) >= 11 is 0. The van der Waals surface area contributed by atoms with Crippen molar-refractivity contribution in [2.75, 3.05) is 6.61 Å². The van der Waals surface area contributed by atoms with Crippen molar-refractivity contribution in [3.8, 4) is 0 Å². The predicted octanol–water partition coefficient (Wildman–Crippen LogP) is -2.02. The molecular weight excluding hydrogens is 270 g/mol. The number of hydrogen-bond donors (Lipinski definition) is 4. The van der Waals surface area contributed by atoms with Crippen molar-refractivity contribution < 1.29 is 34.7 Å². The Bertz CT molecular complexity index is 472. The molecule has 4 N–H and O–H groups in total. The number of carbonyl (C=O) groups is 1. The lowest BCUT2D eigenvalue weighted by Crippen LogP contribution is -2.59. The summed E-state index contributed by atoms with van der Waals surface area (Å²) in [5.41, 5.74) is 0.238. The highest BCUT2D eigenvalue weighted by molar-refractivity contribution is 5.87. The molecule has 0 aliphatic carbocycles. The first-order valence-corrected chi connectivity index (χ1v) is 6.08. The van der Waals surface area contributed by atoms with Crippen molar-refractivity contribution in [3.05, 3.63) is 24.0 Å². The normalized spacial score (nSPS) is 34.0. The van der Waals surface area contributed by atoms with Gasteiger partial charge in [-0.1, -0.05) is 0 Å². The Labute approximate surface area is 114 Å². The van der Waals surface area contributed by atoms with Crippen LogP contribution in [0.15, 0.2) is 18.3 Å². The topological polar surface area (TPSA) is 121 Å². The molecule has 5 atom stereocenters. The van der Waals surface area contributed by atoms with Gasteiger partial charge in [0.25, 0.3) is 0 Å². The van der Waals surface area contributed by atoms with E-state index >= 15 is 0 Å². The summed E-state index contributed by atoms with van der Waals surface area (Å²) in [6, 6.07) is 3.16. The van der Waals surface area contributed by atoms with Crippen LogP contribution in [0.3, 0.4) is 0 Å². The molecule has 0 aromatic carbocycles. The molecule has 8 heteroatoms. The van der Waals surface area contributed by atoms with Crippen LogP contribution in [-0.4, -0.2) is 68.3 Å². The molecule has 0 saturated carbocycles. The zero-order chi connectivity index (χ0) is 14.9. The van der Waals surface area contributed by atoms with Crippen molar-refractivity contribution in [3.63, 3.8) is 0 Å². The van der Waals surface area contributed by atoms with Crippen molar-refractivity contribution in [1.29, 1.82) is 0 Å². The van der Waals surface area contributed by atoms with Gasteiger partial charge in [0.05, 0.1) is 6.61 Å². The van der Waals surface area contributed by atoms with E-state index in [0.717, 1.165) is 0 Å². The van der Waals surface area contributed by atoms with Crippen molar-refractivity contribution >= 4 is 5.97 Å². The van der Waals surface area contributed by atoms with E-state index < -0.39 is 43.3 Å². The number of aromatic nitrogens is 1. The third-order valence-corrected chi connectivity index (χ3v) is 3.22. The number of rotatable bonds is 3. The highest BCUT2D eigenvalue weighted by Gasteiger charge is 2.45. The first kappa shape index (κ1) is 14.9. The quantitative estimate of drug-likeness (QED) is 0.473. The Morgan fingerprint density at radius 1 is 1.35 bits per heavy atom. The fourth-order valence-corrected chi connectivity index (χ4v) is 2.00. The van der Waals surface area contributed by atoms with E-state index in [2.05, 4.69) is 0 Å². The smallest absolute Gasteiger partial charge is 0.357 e. The molecule has 2 heterocycles. The lowest BCUT2D eigenvalue weighted by Gasteiger charge is -2.39. The minimum atomic E-state index is -1.60. The molecule has 1 aliphatic heterocycles. The number of hydrogen-bond acceptors (Lipinski definition) is 7. The Kier molecular flexibility index (Phi) is 4.41. The van der Waals surface area contributed by atoms with Crippen LogP contribution in [-0.2, 0) is 16.5 Å². The molecular formula is C12H17NO7. The number of aryl methyl sites for hydroxylation is 1. The second-order valence-electron chi connectivity index (χ2n) is 4.61. The van der Waals surface area contributed by atoms with Gasteiger partial charge in [-0.15, -0.1) is 0 Å². The fourth-order valence-electron chi connectivity index (χ4n) is 2.00. The lowest BCUT2D eigenvalue weighted by molar-refractivity contribution is -0.285. The minimum Gasteiger partial charge on any atom is -0.428 e. The number of carbonyl (C=O) groups excluding carboxylic acids is 1. The van der Waals surface area contributed by atoms with E-state index in [1.54, 1.807) is 19.3 Å². The molecule has 1 aliphatic rings. The highest BCUT2D eigenvalue weighted by Crippen LogP contribution is 2.22. The average molecular weight is 287 g/mol. The van der Waals surface area contributed by atoms with Crippen LogP contribution in [0.25, 0.3) is 0 Å². The summed E-state index contributed by atoms with van der Waals surface area (Å²) < 4.78 is 11.6. The highest BCUT2D eigenvalue weighted by atomic mass is 16.7. The molecule has 2 rings (SSSR count). The summed E-state index contributed by atoms with van der Waals surface area (Å²) in [7, 11) is 1.64. The van der Waals surface area contributed by atoms with E-state index in [4.69, 9.17) is 14.6 Å². The maximum absolute atomic E-state index is 11.9. The molecule has 112 valence electrons. The Hall–Kier alpha value is -1.45. The summed E-state index contributed by atoms with van der Waals surface area (Å²) in [5, 5.41) is 37.9. The maximum atomic E-state index is 11.9. The van der Waals surface area contributed by atoms with Gasteiger partial charge in [-0.3, -0.25) is 0 Å². The van der Waals surface area contributed by atoms with Crippen molar-refractivity contribution in [2.24, 2.45) is 7.05 Å². The molecule has 0 radical (unpaired) electrons. The van der Waals surface area contributed by atoms with E-state index in [-0.39, 0.29) is 5.69 Å². The number of aliphatic hydroxyl groups excluding tert-OH is 4. The molecule has 5 unspecified atom stereocenters. The molecule has 1 fully saturated rings. The van der Waals surface area contributed by atoms with Gasteiger partial charge in [0, 0.05) is 13.2 Å². The number of esters is 1. The SMILES string of the molecule is Cn1cccc1C(=O)OC1OC(CO)C(O)C(O)C1O. The maximum Gasteiger partial charge on any atom is 0.357 e. The number of ether oxygens (including phenoxy) is 2. The molecule has 20 heavy (non-hydrogen) atoms. The second-order valence-corrected chi connectivity index (χ2v) is 4.61. The van der Waals surface area contributed by atoms with E-state index in [1.165, 1.54) is 10.6 Å². The number of aliphatic hydroxyl groups is 4. The number of nitrogens with zero attached hydrogens (tertiary/aromatic N) is 1. The van der Waals surface area contributed by atoms with Crippen LogP contribution in [0.2, 0.25) is 0 Å². The van der Waals surface area contributed by atoms with Gasteiger partial charge in [0.15, 0.2) is 0 Å². The molecule has 0 bridgehead atoms. The first-order valence-electron chi connectivity index (χ1n) is 6.08. The molecule has 0 spiro atoms. The third-order valence-electron chi connectivity index (χ3n) is 3.22. The van der Waals surface area contributed by atoms with Crippen molar-refractivity contribution in [2.45, 2.75) is 30.7 Å². The first-order chi connectivity index (χ1) is 9.45. The Morgan fingerprint density at radius 3 is 2.60 bits per heavy atom. The largest absolute Gasteiger partial charge is 0.428 e. The molecule has 1 aromatic heterocycles. The van der Waals surface area contributed by atoms with Gasteiger partial charge in [-0.05, 0) is 12.1 Å². The van der Waals surface area contributed by atoms with E-state index in [1.807, 2.05) is 0 Å². The third kappa shape index (κ3) is 2.69. The Balaban J connectivity index is 2.08. The van der Waals surface area contributed by atoms with Crippen LogP contribution in [0.1, 0.15) is 10.5 Å². The summed E-state index contributed by atoms with van der Waals surface area (Å²) in [6.07, 6.45) is -5.60. The summed E-state index contributed by atoms with van der Waals surface area (Å²) in [5.74, 6) is -0.748. The van der Waals surface area contributed by atoms with Crippen molar-refractivity contribution in [1.82, 2.24) is 4.57 Å². The molecule has 8 nitrogen and oxygen atoms in total. The van der Waals surface area contributed by atoms with Gasteiger partial charge >= 0.3 is 5.97 Å². The zero-order valence-electron chi connectivity index (χ0n) is 10.8. The monoisotopic (exact) mass is 287 g/mol. The van der Waals surface area contributed by atoms with Gasteiger partial charge in [-0.2, -0.15) is 0 Å². The average Bonchev–Trinajstić information content (AvgIpc) is 2.85. The van der Waals surface area contributed by atoms with Crippen LogP contribution >= 0.6 is 0 Å². The summed E-state index contributed by atoms with van der Waals surface area (Å²) in [4.78, 5) is 11.9. The molecule has 1 aromatic rings. The van der Waals surface area contributed by atoms with Crippen LogP contribution in [0, 0.1) is 0 Å². The zero-order valence-corrected chi connectivity index (χ0v) is 10.8. The Morgan fingerprint density at radius 2 is 2.05 bits per heavy atom. The van der Waals surface area contributed by atoms with E-state index in [9.17, 15) is 20.1 Å². The minimum absolute atomic E-state index is 0.238. The van der Waals surface area contributed by atoms with E-state index in [0.29, 0.717) is 0 Å². The van der Waals surface area contributed by atoms with Gasteiger partial charge in [-0.25, -0.2) is 4.79 Å². The summed E-state index contributed by atoms with van der Waals surface area (Å²) in [6.45, 7) is -0.580. The lowest BCUT2D eigenvalue weighted by atomic mass is 9.99. The molecule has 1 saturated heterocycles.